The fourth-order valence-corrected chi connectivity index (χ4v) is 1.98. The summed E-state index contributed by atoms with van der Waals surface area (Å²) in [5, 5.41) is 7.56. The lowest BCUT2D eigenvalue weighted by Gasteiger charge is -2.17. The third kappa shape index (κ3) is 2.49. The fourth-order valence-electron chi connectivity index (χ4n) is 1.98. The van der Waals surface area contributed by atoms with Gasteiger partial charge in [0.1, 0.15) is 12.7 Å². The van der Waals surface area contributed by atoms with Crippen LogP contribution in [0.3, 0.4) is 0 Å². The van der Waals surface area contributed by atoms with E-state index in [0.717, 1.165) is 17.1 Å². The quantitative estimate of drug-likeness (QED) is 0.784. The van der Waals surface area contributed by atoms with Gasteiger partial charge in [0.25, 0.3) is 0 Å². The predicted octanol–water partition coefficient (Wildman–Crippen LogP) is 2.23. The van der Waals surface area contributed by atoms with E-state index in [1.54, 1.807) is 29.6 Å². The van der Waals surface area contributed by atoms with Crippen LogP contribution in [0.1, 0.15) is 18.5 Å². The number of aromatic nitrogens is 5. The molecule has 0 aliphatic heterocycles. The summed E-state index contributed by atoms with van der Waals surface area (Å²) in [5.74, 6) is 0.728. The van der Waals surface area contributed by atoms with Crippen molar-refractivity contribution in [3.63, 3.8) is 0 Å². The molecule has 1 atom stereocenters. The van der Waals surface area contributed by atoms with Gasteiger partial charge in [0, 0.05) is 24.6 Å². The molecule has 0 saturated heterocycles. The highest BCUT2D eigenvalue weighted by Crippen LogP contribution is 2.22. The number of hydrogen-bond donors (Lipinski definition) is 1. The Hall–Kier alpha value is -2.76. The topological polar surface area (TPSA) is 68.5 Å². The molecule has 3 rings (SSSR count). The first-order chi connectivity index (χ1) is 9.84. The molecule has 0 aliphatic carbocycles. The molecule has 1 N–H and O–H groups in total. The van der Waals surface area contributed by atoms with Gasteiger partial charge in [-0.2, -0.15) is 5.10 Å². The third-order valence-corrected chi connectivity index (χ3v) is 3.00. The molecule has 20 heavy (non-hydrogen) atoms. The number of hydrogen-bond acceptors (Lipinski definition) is 5. The predicted molar refractivity (Wildman–Crippen MR) is 75.4 cm³/mol. The van der Waals surface area contributed by atoms with Gasteiger partial charge in [0.05, 0.1) is 5.69 Å². The van der Waals surface area contributed by atoms with E-state index in [2.05, 4.69) is 32.3 Å². The van der Waals surface area contributed by atoms with E-state index >= 15 is 0 Å². The second kappa shape index (κ2) is 5.48. The zero-order valence-electron chi connectivity index (χ0n) is 11.0. The zero-order valence-corrected chi connectivity index (χ0v) is 11.0. The Kier molecular flexibility index (Phi) is 3.36. The summed E-state index contributed by atoms with van der Waals surface area (Å²) >= 11 is 0. The van der Waals surface area contributed by atoms with Crippen LogP contribution in [0.5, 0.6) is 0 Å². The lowest BCUT2D eigenvalue weighted by atomic mass is 10.1. The van der Waals surface area contributed by atoms with Gasteiger partial charge in [-0.3, -0.25) is 4.98 Å². The summed E-state index contributed by atoms with van der Waals surface area (Å²) < 4.78 is 1.64. The van der Waals surface area contributed by atoms with Crippen LogP contribution < -0.4 is 5.32 Å². The molecule has 3 aromatic rings. The van der Waals surface area contributed by atoms with Crippen molar-refractivity contribution in [2.24, 2.45) is 0 Å². The van der Waals surface area contributed by atoms with E-state index < -0.39 is 0 Å². The summed E-state index contributed by atoms with van der Waals surface area (Å²) in [6.45, 7) is 2.09. The standard InChI is InChI=1S/C14H14N6/c1-11(12-4-7-15-8-5-12)19-13-3-2-6-17-14(13)20-10-16-9-18-20/h2-11,19H,1H3. The van der Waals surface area contributed by atoms with Crippen LogP contribution in [0.2, 0.25) is 0 Å². The average Bonchev–Trinajstić information content (AvgIpc) is 3.03. The number of anilines is 1. The Bertz CT molecular complexity index is 665. The van der Waals surface area contributed by atoms with Crippen LogP contribution in [-0.4, -0.2) is 24.7 Å². The SMILES string of the molecule is CC(Nc1cccnc1-n1cncn1)c1ccncc1. The van der Waals surface area contributed by atoms with Gasteiger partial charge < -0.3 is 5.32 Å². The molecule has 0 aliphatic rings. The zero-order chi connectivity index (χ0) is 13.8. The smallest absolute Gasteiger partial charge is 0.178 e. The van der Waals surface area contributed by atoms with Crippen LogP contribution in [0, 0.1) is 0 Å². The number of pyridine rings is 2. The summed E-state index contributed by atoms with van der Waals surface area (Å²) in [5.41, 5.74) is 2.07. The molecule has 3 aromatic heterocycles. The third-order valence-electron chi connectivity index (χ3n) is 3.00. The van der Waals surface area contributed by atoms with E-state index in [0.29, 0.717) is 0 Å². The van der Waals surface area contributed by atoms with Crippen molar-refractivity contribution in [2.45, 2.75) is 13.0 Å². The van der Waals surface area contributed by atoms with Crippen molar-refractivity contribution >= 4 is 5.69 Å². The molecule has 0 aromatic carbocycles. The maximum Gasteiger partial charge on any atom is 0.178 e. The van der Waals surface area contributed by atoms with E-state index in [1.807, 2.05) is 24.3 Å². The van der Waals surface area contributed by atoms with Gasteiger partial charge in [0.2, 0.25) is 0 Å². The largest absolute Gasteiger partial charge is 0.375 e. The van der Waals surface area contributed by atoms with Gasteiger partial charge in [-0.15, -0.1) is 0 Å². The van der Waals surface area contributed by atoms with E-state index in [4.69, 9.17) is 0 Å². The number of rotatable bonds is 4. The Labute approximate surface area is 116 Å². The van der Waals surface area contributed by atoms with Gasteiger partial charge in [-0.05, 0) is 36.8 Å². The first kappa shape index (κ1) is 12.3. The molecule has 0 bridgehead atoms. The monoisotopic (exact) mass is 266 g/mol. The average molecular weight is 266 g/mol. The minimum atomic E-state index is 0.143. The summed E-state index contributed by atoms with van der Waals surface area (Å²) in [7, 11) is 0. The minimum absolute atomic E-state index is 0.143. The van der Waals surface area contributed by atoms with Gasteiger partial charge in [-0.25, -0.2) is 14.6 Å². The first-order valence-corrected chi connectivity index (χ1v) is 6.31. The van der Waals surface area contributed by atoms with Crippen molar-refractivity contribution in [3.05, 3.63) is 61.1 Å². The van der Waals surface area contributed by atoms with E-state index in [1.165, 1.54) is 6.33 Å². The second-order valence-electron chi connectivity index (χ2n) is 4.36. The summed E-state index contributed by atoms with van der Waals surface area (Å²) in [6, 6.07) is 7.99. The molecule has 1 unspecified atom stereocenters. The Morgan fingerprint density at radius 1 is 1.10 bits per heavy atom. The molecule has 100 valence electrons. The molecule has 6 nitrogen and oxygen atoms in total. The molecule has 0 radical (unpaired) electrons. The van der Waals surface area contributed by atoms with Crippen molar-refractivity contribution in [1.29, 1.82) is 0 Å². The highest BCUT2D eigenvalue weighted by molar-refractivity contribution is 5.57. The maximum absolute atomic E-state index is 4.35. The second-order valence-corrected chi connectivity index (χ2v) is 4.36. The highest BCUT2D eigenvalue weighted by atomic mass is 15.3. The summed E-state index contributed by atoms with van der Waals surface area (Å²) in [6.07, 6.45) is 8.43. The van der Waals surface area contributed by atoms with Crippen LogP contribution in [0.25, 0.3) is 5.82 Å². The lowest BCUT2D eigenvalue weighted by Crippen LogP contribution is -2.10. The first-order valence-electron chi connectivity index (χ1n) is 6.31. The number of nitrogens with one attached hydrogen (secondary N) is 1. The molecule has 0 spiro atoms. The molecular weight excluding hydrogens is 252 g/mol. The van der Waals surface area contributed by atoms with Crippen molar-refractivity contribution in [3.8, 4) is 5.82 Å². The number of nitrogens with zero attached hydrogens (tertiary/aromatic N) is 5. The van der Waals surface area contributed by atoms with Gasteiger partial charge in [-0.1, -0.05) is 0 Å². The van der Waals surface area contributed by atoms with Crippen molar-refractivity contribution < 1.29 is 0 Å². The Morgan fingerprint density at radius 2 is 1.95 bits per heavy atom. The highest BCUT2D eigenvalue weighted by Gasteiger charge is 2.10. The van der Waals surface area contributed by atoms with Crippen LogP contribution >= 0.6 is 0 Å². The molecule has 3 heterocycles. The lowest BCUT2D eigenvalue weighted by molar-refractivity contribution is 0.827. The molecule has 0 fully saturated rings. The molecule has 6 heteroatoms. The van der Waals surface area contributed by atoms with Gasteiger partial charge >= 0.3 is 0 Å². The summed E-state index contributed by atoms with van der Waals surface area (Å²) in [4.78, 5) is 12.3. The fraction of sp³-hybridized carbons (Fsp3) is 0.143. The van der Waals surface area contributed by atoms with Crippen LogP contribution in [-0.2, 0) is 0 Å². The van der Waals surface area contributed by atoms with E-state index in [9.17, 15) is 0 Å². The normalized spacial score (nSPS) is 12.1. The molecular formula is C14H14N6. The maximum atomic E-state index is 4.35. The van der Waals surface area contributed by atoms with Crippen molar-refractivity contribution in [2.75, 3.05) is 5.32 Å². The van der Waals surface area contributed by atoms with Crippen LogP contribution in [0.4, 0.5) is 5.69 Å². The Morgan fingerprint density at radius 3 is 2.70 bits per heavy atom. The van der Waals surface area contributed by atoms with Crippen molar-refractivity contribution in [1.82, 2.24) is 24.7 Å². The van der Waals surface area contributed by atoms with E-state index in [-0.39, 0.29) is 6.04 Å². The molecule has 0 amide bonds. The van der Waals surface area contributed by atoms with Crippen LogP contribution in [0.15, 0.2) is 55.5 Å². The minimum Gasteiger partial charge on any atom is -0.375 e. The Balaban J connectivity index is 1.88. The molecule has 0 saturated carbocycles. The van der Waals surface area contributed by atoms with Gasteiger partial charge in [0.15, 0.2) is 5.82 Å².